The Bertz CT molecular complexity index is 1070. The molecule has 1 N–H and O–H groups in total. The molecule has 3 rings (SSSR count). The monoisotopic (exact) mass is 461 g/mol. The number of rotatable bonds is 5. The zero-order chi connectivity index (χ0) is 19.7. The number of nitrogens with zero attached hydrogens (tertiary/aromatic N) is 2. The van der Waals surface area contributed by atoms with Crippen LogP contribution < -0.4 is 9.46 Å². The number of alkyl halides is 3. The Morgan fingerprint density at radius 1 is 1.07 bits per heavy atom. The average Bonchev–Trinajstić information content (AvgIpc) is 3.00. The van der Waals surface area contributed by atoms with Gasteiger partial charge < -0.3 is 4.74 Å². The van der Waals surface area contributed by atoms with Crippen LogP contribution in [-0.4, -0.2) is 24.6 Å². The van der Waals surface area contributed by atoms with E-state index in [1.807, 2.05) is 0 Å². The van der Waals surface area contributed by atoms with E-state index >= 15 is 0 Å². The Labute approximate surface area is 160 Å². The Balaban J connectivity index is 2.00. The van der Waals surface area contributed by atoms with Gasteiger partial charge in [-0.25, -0.2) is 13.1 Å². The fourth-order valence-electron chi connectivity index (χ4n) is 2.27. The van der Waals surface area contributed by atoms with Gasteiger partial charge in [0.2, 0.25) is 0 Å². The third kappa shape index (κ3) is 4.61. The smallest absolute Gasteiger partial charge is 0.404 e. The summed E-state index contributed by atoms with van der Waals surface area (Å²) in [6.45, 7) is 0. The van der Waals surface area contributed by atoms with E-state index in [2.05, 4.69) is 30.5 Å². The predicted molar refractivity (Wildman–Crippen MR) is 95.2 cm³/mol. The molecule has 2 aromatic carbocycles. The Morgan fingerprint density at radius 2 is 1.74 bits per heavy atom. The number of hydrogen-bond acceptors (Lipinski definition) is 4. The van der Waals surface area contributed by atoms with Crippen molar-refractivity contribution in [3.05, 3.63) is 65.4 Å². The molecule has 0 saturated carbocycles. The maximum Gasteiger partial charge on any atom is 0.573 e. The van der Waals surface area contributed by atoms with Gasteiger partial charge in [0.15, 0.2) is 0 Å². The molecule has 0 bridgehead atoms. The Hall–Kier alpha value is -2.53. The van der Waals surface area contributed by atoms with Crippen molar-refractivity contribution >= 4 is 31.6 Å². The first-order valence-corrected chi connectivity index (χ1v) is 9.60. The summed E-state index contributed by atoms with van der Waals surface area (Å²) in [5, 5.41) is 4.08. The van der Waals surface area contributed by atoms with Gasteiger partial charge in [0.05, 0.1) is 22.0 Å². The van der Waals surface area contributed by atoms with Crippen molar-refractivity contribution < 1.29 is 26.3 Å². The molecule has 1 heterocycles. The molecule has 0 spiro atoms. The van der Waals surface area contributed by atoms with E-state index < -0.39 is 27.0 Å². The third-order valence-corrected chi connectivity index (χ3v) is 5.13. The Kier molecular flexibility index (Phi) is 5.16. The molecule has 27 heavy (non-hydrogen) atoms. The lowest BCUT2D eigenvalue weighted by Crippen LogP contribution is -2.21. The van der Waals surface area contributed by atoms with Crippen molar-refractivity contribution in [3.8, 4) is 11.4 Å². The minimum atomic E-state index is -5.02. The van der Waals surface area contributed by atoms with Crippen molar-refractivity contribution in [2.24, 2.45) is 0 Å². The lowest BCUT2D eigenvalue weighted by molar-refractivity contribution is -0.275. The summed E-state index contributed by atoms with van der Waals surface area (Å²) in [5.41, 5.74) is 0.524. The summed E-state index contributed by atoms with van der Waals surface area (Å²) >= 11 is 3.24. The van der Waals surface area contributed by atoms with Gasteiger partial charge in [0.1, 0.15) is 10.6 Å². The van der Waals surface area contributed by atoms with E-state index in [1.54, 1.807) is 24.4 Å². The minimum Gasteiger partial charge on any atom is -0.404 e. The molecule has 0 aliphatic heterocycles. The molecule has 0 radical (unpaired) electrons. The van der Waals surface area contributed by atoms with Gasteiger partial charge in [0.25, 0.3) is 10.0 Å². The molecule has 142 valence electrons. The maximum atomic E-state index is 12.7. The summed E-state index contributed by atoms with van der Waals surface area (Å²) in [6, 6.07) is 10.8. The van der Waals surface area contributed by atoms with E-state index in [0.29, 0.717) is 10.2 Å². The van der Waals surface area contributed by atoms with Gasteiger partial charge in [-0.15, -0.1) is 13.2 Å². The van der Waals surface area contributed by atoms with Crippen LogP contribution in [0.5, 0.6) is 5.75 Å². The minimum absolute atomic E-state index is 0.134. The number of hydrogen-bond donors (Lipinski definition) is 1. The van der Waals surface area contributed by atoms with Crippen LogP contribution in [0.1, 0.15) is 0 Å². The number of anilines is 1. The fraction of sp³-hybridized carbons (Fsp3) is 0.0625. The van der Waals surface area contributed by atoms with Crippen LogP contribution in [0.3, 0.4) is 0 Å². The van der Waals surface area contributed by atoms with Crippen molar-refractivity contribution in [3.63, 3.8) is 0 Å². The van der Waals surface area contributed by atoms with Gasteiger partial charge in [-0.05, 0) is 40.2 Å². The molecule has 0 amide bonds. The van der Waals surface area contributed by atoms with Gasteiger partial charge in [-0.2, -0.15) is 5.10 Å². The highest BCUT2D eigenvalue weighted by atomic mass is 79.9. The Morgan fingerprint density at radius 3 is 2.41 bits per heavy atom. The lowest BCUT2D eigenvalue weighted by Gasteiger charge is -2.16. The molecule has 1 aromatic heterocycles. The van der Waals surface area contributed by atoms with Crippen LogP contribution in [0.25, 0.3) is 5.69 Å². The largest absolute Gasteiger partial charge is 0.573 e. The molecule has 0 aliphatic rings. The first-order chi connectivity index (χ1) is 12.7. The topological polar surface area (TPSA) is 73.2 Å². The molecular weight excluding hydrogens is 451 g/mol. The molecule has 0 aliphatic carbocycles. The van der Waals surface area contributed by atoms with Crippen molar-refractivity contribution in [2.75, 3.05) is 4.72 Å². The van der Waals surface area contributed by atoms with Gasteiger partial charge in [-0.1, -0.05) is 24.3 Å². The van der Waals surface area contributed by atoms with E-state index in [1.165, 1.54) is 29.1 Å². The maximum absolute atomic E-state index is 12.7. The highest BCUT2D eigenvalue weighted by Gasteiger charge is 2.34. The molecule has 0 unspecified atom stereocenters. The molecule has 6 nitrogen and oxygen atoms in total. The summed E-state index contributed by atoms with van der Waals surface area (Å²) in [5.74, 6) is -0.822. The zero-order valence-electron chi connectivity index (χ0n) is 13.3. The predicted octanol–water partition coefficient (Wildman–Crippen LogP) is 4.33. The second-order valence-electron chi connectivity index (χ2n) is 5.22. The van der Waals surface area contributed by atoms with Crippen LogP contribution >= 0.6 is 15.9 Å². The van der Waals surface area contributed by atoms with Crippen LogP contribution in [0.2, 0.25) is 0 Å². The van der Waals surface area contributed by atoms with Crippen molar-refractivity contribution in [1.29, 1.82) is 0 Å². The first kappa shape index (κ1) is 19.2. The first-order valence-electron chi connectivity index (χ1n) is 7.33. The number of para-hydroxylation sites is 3. The normalized spacial score (nSPS) is 12.0. The van der Waals surface area contributed by atoms with Crippen LogP contribution in [0.4, 0.5) is 18.9 Å². The molecule has 0 atom stereocenters. The van der Waals surface area contributed by atoms with Crippen LogP contribution in [0.15, 0.2) is 70.3 Å². The molecule has 0 saturated heterocycles. The molecule has 0 fully saturated rings. The standard InChI is InChI=1S/C16H11BrF3N3O3S/c17-11-9-21-23(10-11)13-6-2-1-5-12(13)22-27(24,25)15-8-4-3-7-14(15)26-16(18,19)20/h1-10,22H. The summed E-state index contributed by atoms with van der Waals surface area (Å²) < 4.78 is 71.3. The van der Waals surface area contributed by atoms with Gasteiger partial charge in [0, 0.05) is 6.20 Å². The number of aromatic nitrogens is 2. The van der Waals surface area contributed by atoms with E-state index in [-0.39, 0.29) is 5.69 Å². The summed E-state index contributed by atoms with van der Waals surface area (Å²) in [6.07, 6.45) is -1.91. The molecule has 11 heteroatoms. The average molecular weight is 462 g/mol. The van der Waals surface area contributed by atoms with Crippen molar-refractivity contribution in [1.82, 2.24) is 9.78 Å². The summed E-state index contributed by atoms with van der Waals surface area (Å²) in [4.78, 5) is -0.640. The summed E-state index contributed by atoms with van der Waals surface area (Å²) in [7, 11) is -4.37. The third-order valence-electron chi connectivity index (χ3n) is 3.31. The number of nitrogens with one attached hydrogen (secondary N) is 1. The van der Waals surface area contributed by atoms with Crippen LogP contribution in [-0.2, 0) is 10.0 Å². The highest BCUT2D eigenvalue weighted by Crippen LogP contribution is 2.31. The van der Waals surface area contributed by atoms with Gasteiger partial charge in [-0.3, -0.25) is 4.72 Å². The van der Waals surface area contributed by atoms with Crippen LogP contribution in [0, 0.1) is 0 Å². The number of halogens is 4. The fourth-order valence-corrected chi connectivity index (χ4v) is 3.76. The molecule has 3 aromatic rings. The number of ether oxygens (including phenoxy) is 1. The SMILES string of the molecule is O=S(=O)(Nc1ccccc1-n1cc(Br)cn1)c1ccccc1OC(F)(F)F. The van der Waals surface area contributed by atoms with E-state index in [0.717, 1.165) is 12.1 Å². The number of benzene rings is 2. The van der Waals surface area contributed by atoms with E-state index in [9.17, 15) is 21.6 Å². The number of sulfonamides is 1. The second kappa shape index (κ2) is 7.24. The quantitative estimate of drug-likeness (QED) is 0.613. The van der Waals surface area contributed by atoms with E-state index in [4.69, 9.17) is 0 Å². The molecular formula is C16H11BrF3N3O3S. The highest BCUT2D eigenvalue weighted by molar-refractivity contribution is 9.10. The van der Waals surface area contributed by atoms with Crippen molar-refractivity contribution in [2.45, 2.75) is 11.3 Å². The lowest BCUT2D eigenvalue weighted by atomic mass is 10.3. The van der Waals surface area contributed by atoms with Gasteiger partial charge >= 0.3 is 6.36 Å². The second-order valence-corrected chi connectivity index (χ2v) is 7.79. The zero-order valence-corrected chi connectivity index (χ0v) is 15.7.